The van der Waals surface area contributed by atoms with Crippen LogP contribution in [0, 0.1) is 11.7 Å². The Hall–Kier alpha value is -0.640. The van der Waals surface area contributed by atoms with Gasteiger partial charge >= 0.3 is 0 Å². The number of hydrogen-bond acceptors (Lipinski definition) is 2. The van der Waals surface area contributed by atoms with Crippen LogP contribution >= 0.6 is 11.6 Å². The van der Waals surface area contributed by atoms with Crippen molar-refractivity contribution < 1.29 is 14.2 Å². The lowest BCUT2D eigenvalue weighted by Gasteiger charge is -2.23. The first-order valence-electron chi connectivity index (χ1n) is 5.88. The SMILES string of the molecule is CCC1OCCC1C(O)c1ccc(Cl)cc1F. The number of halogens is 2. The van der Waals surface area contributed by atoms with E-state index in [4.69, 9.17) is 16.3 Å². The monoisotopic (exact) mass is 258 g/mol. The van der Waals surface area contributed by atoms with Crippen molar-refractivity contribution in [1.82, 2.24) is 0 Å². The summed E-state index contributed by atoms with van der Waals surface area (Å²) in [6.07, 6.45) is 0.790. The molecule has 1 aromatic carbocycles. The molecule has 4 heteroatoms. The zero-order valence-electron chi connectivity index (χ0n) is 9.70. The molecular weight excluding hydrogens is 243 g/mol. The van der Waals surface area contributed by atoms with Crippen molar-refractivity contribution >= 4 is 11.6 Å². The Labute approximate surface area is 105 Å². The van der Waals surface area contributed by atoms with Gasteiger partial charge in [-0.15, -0.1) is 0 Å². The molecule has 1 aromatic rings. The quantitative estimate of drug-likeness (QED) is 0.901. The third-order valence-electron chi connectivity index (χ3n) is 3.35. The van der Waals surface area contributed by atoms with Gasteiger partial charge in [-0.2, -0.15) is 0 Å². The summed E-state index contributed by atoms with van der Waals surface area (Å²) in [5, 5.41) is 10.6. The molecule has 2 nitrogen and oxygen atoms in total. The van der Waals surface area contributed by atoms with Crippen LogP contribution in [-0.4, -0.2) is 17.8 Å². The Morgan fingerprint density at radius 3 is 3.00 bits per heavy atom. The second-order valence-electron chi connectivity index (χ2n) is 4.38. The number of ether oxygens (including phenoxy) is 1. The number of aliphatic hydroxyl groups excluding tert-OH is 1. The van der Waals surface area contributed by atoms with Gasteiger partial charge in [0.15, 0.2) is 0 Å². The van der Waals surface area contributed by atoms with Crippen LogP contribution < -0.4 is 0 Å². The highest BCUT2D eigenvalue weighted by atomic mass is 35.5. The minimum Gasteiger partial charge on any atom is -0.388 e. The topological polar surface area (TPSA) is 29.5 Å². The molecule has 1 saturated heterocycles. The Morgan fingerprint density at radius 1 is 1.59 bits per heavy atom. The zero-order chi connectivity index (χ0) is 12.4. The molecule has 17 heavy (non-hydrogen) atoms. The zero-order valence-corrected chi connectivity index (χ0v) is 10.5. The average Bonchev–Trinajstić information content (AvgIpc) is 2.76. The molecular formula is C13H16ClFO2. The predicted molar refractivity (Wildman–Crippen MR) is 64.5 cm³/mol. The second-order valence-corrected chi connectivity index (χ2v) is 4.82. The molecule has 0 spiro atoms. The molecule has 94 valence electrons. The minimum atomic E-state index is -0.820. The van der Waals surface area contributed by atoms with Crippen molar-refractivity contribution in [2.75, 3.05) is 6.61 Å². The molecule has 1 aliphatic rings. The molecule has 2 rings (SSSR count). The van der Waals surface area contributed by atoms with Gasteiger partial charge < -0.3 is 9.84 Å². The summed E-state index contributed by atoms with van der Waals surface area (Å²) in [7, 11) is 0. The maximum Gasteiger partial charge on any atom is 0.130 e. The lowest BCUT2D eigenvalue weighted by atomic mass is 9.89. The van der Waals surface area contributed by atoms with Gasteiger partial charge in [-0.1, -0.05) is 24.6 Å². The summed E-state index contributed by atoms with van der Waals surface area (Å²) in [5.41, 5.74) is 0.309. The maximum absolute atomic E-state index is 13.7. The average molecular weight is 259 g/mol. The van der Waals surface area contributed by atoms with E-state index in [0.29, 0.717) is 17.2 Å². The van der Waals surface area contributed by atoms with E-state index in [1.165, 1.54) is 6.07 Å². The van der Waals surface area contributed by atoms with Crippen molar-refractivity contribution in [2.45, 2.75) is 32.0 Å². The van der Waals surface area contributed by atoms with Gasteiger partial charge in [-0.05, 0) is 25.0 Å². The van der Waals surface area contributed by atoms with Crippen LogP contribution in [0.25, 0.3) is 0 Å². The summed E-state index contributed by atoms with van der Waals surface area (Å²) >= 11 is 5.69. The van der Waals surface area contributed by atoms with Crippen molar-refractivity contribution in [3.05, 3.63) is 34.6 Å². The van der Waals surface area contributed by atoms with Crippen molar-refractivity contribution in [3.63, 3.8) is 0 Å². The van der Waals surface area contributed by atoms with Crippen molar-refractivity contribution in [2.24, 2.45) is 5.92 Å². The third-order valence-corrected chi connectivity index (χ3v) is 3.58. The summed E-state index contributed by atoms with van der Waals surface area (Å²) in [6, 6.07) is 4.38. The van der Waals surface area contributed by atoms with Crippen LogP contribution in [0.3, 0.4) is 0 Å². The maximum atomic E-state index is 13.7. The van der Waals surface area contributed by atoms with E-state index in [0.717, 1.165) is 12.8 Å². The first-order valence-corrected chi connectivity index (χ1v) is 6.26. The van der Waals surface area contributed by atoms with E-state index in [1.54, 1.807) is 12.1 Å². The van der Waals surface area contributed by atoms with Crippen LogP contribution in [0.1, 0.15) is 31.4 Å². The molecule has 0 aromatic heterocycles. The largest absolute Gasteiger partial charge is 0.388 e. The first-order chi connectivity index (χ1) is 8.13. The molecule has 0 amide bonds. The van der Waals surface area contributed by atoms with E-state index >= 15 is 0 Å². The summed E-state index contributed by atoms with van der Waals surface area (Å²) in [5.74, 6) is -0.484. The van der Waals surface area contributed by atoms with Gasteiger partial charge in [0.25, 0.3) is 0 Å². The summed E-state index contributed by atoms with van der Waals surface area (Å²) in [4.78, 5) is 0. The third kappa shape index (κ3) is 2.62. The normalized spacial score (nSPS) is 26.1. The Balaban J connectivity index is 2.21. The van der Waals surface area contributed by atoms with E-state index in [1.807, 2.05) is 6.92 Å². The molecule has 1 heterocycles. The highest BCUT2D eigenvalue weighted by molar-refractivity contribution is 6.30. The fourth-order valence-electron chi connectivity index (χ4n) is 2.42. The standard InChI is InChI=1S/C13H16ClFO2/c1-2-12-10(5-6-17-12)13(16)9-4-3-8(14)7-11(9)15/h3-4,7,10,12-13,16H,2,5-6H2,1H3. The van der Waals surface area contributed by atoms with Crippen molar-refractivity contribution in [3.8, 4) is 0 Å². The van der Waals surface area contributed by atoms with Gasteiger partial charge in [0.2, 0.25) is 0 Å². The van der Waals surface area contributed by atoms with Crippen LogP contribution in [0.15, 0.2) is 18.2 Å². The predicted octanol–water partition coefficient (Wildman–Crippen LogP) is 3.33. The smallest absolute Gasteiger partial charge is 0.130 e. The highest BCUT2D eigenvalue weighted by Crippen LogP contribution is 2.36. The molecule has 3 atom stereocenters. The van der Waals surface area contributed by atoms with Crippen LogP contribution in [0.5, 0.6) is 0 Å². The Kier molecular flexibility index (Phi) is 4.02. The Morgan fingerprint density at radius 2 is 2.35 bits per heavy atom. The summed E-state index contributed by atoms with van der Waals surface area (Å²) in [6.45, 7) is 2.64. The van der Waals surface area contributed by atoms with Crippen molar-refractivity contribution in [1.29, 1.82) is 0 Å². The van der Waals surface area contributed by atoms with Crippen LogP contribution in [0.2, 0.25) is 5.02 Å². The van der Waals surface area contributed by atoms with Gasteiger partial charge in [0, 0.05) is 23.1 Å². The fourth-order valence-corrected chi connectivity index (χ4v) is 2.58. The Bertz CT molecular complexity index is 397. The van der Waals surface area contributed by atoms with Crippen LogP contribution in [-0.2, 0) is 4.74 Å². The molecule has 0 saturated carbocycles. The molecule has 1 aliphatic heterocycles. The first kappa shape index (κ1) is 12.8. The van der Waals surface area contributed by atoms with E-state index in [-0.39, 0.29) is 12.0 Å². The van der Waals surface area contributed by atoms with Gasteiger partial charge in [0.05, 0.1) is 12.2 Å². The van der Waals surface area contributed by atoms with E-state index < -0.39 is 11.9 Å². The van der Waals surface area contributed by atoms with Gasteiger partial charge in [-0.3, -0.25) is 0 Å². The summed E-state index contributed by atoms with van der Waals surface area (Å²) < 4.78 is 19.2. The molecule has 1 fully saturated rings. The number of rotatable bonds is 3. The van der Waals surface area contributed by atoms with E-state index in [2.05, 4.69) is 0 Å². The van der Waals surface area contributed by atoms with Crippen LogP contribution in [0.4, 0.5) is 4.39 Å². The fraction of sp³-hybridized carbons (Fsp3) is 0.538. The minimum absolute atomic E-state index is 0.0140. The van der Waals surface area contributed by atoms with E-state index in [9.17, 15) is 9.50 Å². The molecule has 0 aliphatic carbocycles. The second kappa shape index (κ2) is 5.34. The van der Waals surface area contributed by atoms with Gasteiger partial charge in [0.1, 0.15) is 5.82 Å². The molecule has 0 bridgehead atoms. The highest BCUT2D eigenvalue weighted by Gasteiger charge is 2.34. The lowest BCUT2D eigenvalue weighted by Crippen LogP contribution is -2.22. The number of hydrogen-bond donors (Lipinski definition) is 1. The van der Waals surface area contributed by atoms with Gasteiger partial charge in [-0.25, -0.2) is 4.39 Å². The lowest BCUT2D eigenvalue weighted by molar-refractivity contribution is 0.0293. The molecule has 3 unspecified atom stereocenters. The molecule has 1 N–H and O–H groups in total. The number of aliphatic hydroxyl groups is 1. The molecule has 0 radical (unpaired) electrons. The number of benzene rings is 1.